The summed E-state index contributed by atoms with van der Waals surface area (Å²) in [5.74, 6) is 1.93. The van der Waals surface area contributed by atoms with E-state index in [9.17, 15) is 0 Å². The van der Waals surface area contributed by atoms with Gasteiger partial charge in [0, 0.05) is 24.7 Å². The molecule has 5 aliphatic rings. The molecular formula is C16H29N3. The number of fused-ring (bicyclic) bond motifs is 5. The van der Waals surface area contributed by atoms with Crippen molar-refractivity contribution in [2.75, 3.05) is 33.2 Å². The zero-order valence-electron chi connectivity index (χ0n) is 12.4. The predicted molar refractivity (Wildman–Crippen MR) is 78.3 cm³/mol. The fraction of sp³-hybridized carbons (Fsp3) is 1.00. The second-order valence-electron chi connectivity index (χ2n) is 7.54. The Balaban J connectivity index is 1.29. The normalized spacial score (nSPS) is 49.7. The van der Waals surface area contributed by atoms with Crippen LogP contribution in [0, 0.1) is 11.8 Å². The molecule has 4 bridgehead atoms. The summed E-state index contributed by atoms with van der Waals surface area (Å²) in [7, 11) is 2.35. The molecule has 0 aromatic heterocycles. The first-order valence-corrected chi connectivity index (χ1v) is 8.47. The van der Waals surface area contributed by atoms with Crippen LogP contribution in [0.2, 0.25) is 0 Å². The third kappa shape index (κ3) is 2.34. The van der Waals surface area contributed by atoms with E-state index in [0.717, 1.165) is 30.0 Å². The SMILES string of the molecule is CN1C2CCC1CC(CNC1CN3CCC1CC3)C2. The van der Waals surface area contributed by atoms with E-state index in [1.165, 1.54) is 64.7 Å². The van der Waals surface area contributed by atoms with Crippen LogP contribution in [0.5, 0.6) is 0 Å². The molecule has 0 radical (unpaired) electrons. The molecule has 0 spiro atoms. The van der Waals surface area contributed by atoms with E-state index >= 15 is 0 Å². The summed E-state index contributed by atoms with van der Waals surface area (Å²) in [5.41, 5.74) is 0. The number of nitrogens with zero attached hydrogens (tertiary/aromatic N) is 2. The van der Waals surface area contributed by atoms with Crippen LogP contribution in [0.25, 0.3) is 0 Å². The highest BCUT2D eigenvalue weighted by Crippen LogP contribution is 2.37. The smallest absolute Gasteiger partial charge is 0.0224 e. The molecular weight excluding hydrogens is 234 g/mol. The van der Waals surface area contributed by atoms with Crippen molar-refractivity contribution in [3.63, 3.8) is 0 Å². The maximum Gasteiger partial charge on any atom is 0.0224 e. The van der Waals surface area contributed by atoms with E-state index in [2.05, 4.69) is 22.2 Å². The minimum absolute atomic E-state index is 0.805. The average molecular weight is 263 g/mol. The first-order chi connectivity index (χ1) is 9.29. The van der Waals surface area contributed by atoms with Gasteiger partial charge in [0.2, 0.25) is 0 Å². The highest BCUT2D eigenvalue weighted by molar-refractivity contribution is 4.95. The standard InChI is InChI=1S/C16H29N3/c1-18-14-2-3-15(18)9-12(8-14)10-17-16-11-19-6-4-13(16)5-7-19/h12-17H,2-11H2,1H3. The third-order valence-electron chi connectivity index (χ3n) is 6.52. The van der Waals surface area contributed by atoms with E-state index in [4.69, 9.17) is 0 Å². The van der Waals surface area contributed by atoms with Gasteiger partial charge in [-0.05, 0) is 77.0 Å². The molecule has 0 aromatic rings. The molecule has 3 nitrogen and oxygen atoms in total. The van der Waals surface area contributed by atoms with Crippen LogP contribution in [0.4, 0.5) is 0 Å². The van der Waals surface area contributed by atoms with Crippen molar-refractivity contribution in [3.8, 4) is 0 Å². The van der Waals surface area contributed by atoms with Crippen LogP contribution in [0.3, 0.4) is 0 Å². The van der Waals surface area contributed by atoms with Crippen LogP contribution in [-0.4, -0.2) is 61.2 Å². The monoisotopic (exact) mass is 263 g/mol. The highest BCUT2D eigenvalue weighted by Gasteiger charge is 2.39. The summed E-state index contributed by atoms with van der Waals surface area (Å²) in [6, 6.07) is 2.61. The summed E-state index contributed by atoms with van der Waals surface area (Å²) < 4.78 is 0. The number of hydrogen-bond donors (Lipinski definition) is 1. The Morgan fingerprint density at radius 1 is 1.00 bits per heavy atom. The fourth-order valence-corrected chi connectivity index (χ4v) is 5.21. The third-order valence-corrected chi connectivity index (χ3v) is 6.52. The first kappa shape index (κ1) is 12.6. The van der Waals surface area contributed by atoms with Crippen molar-refractivity contribution >= 4 is 0 Å². The largest absolute Gasteiger partial charge is 0.312 e. The molecule has 5 heterocycles. The van der Waals surface area contributed by atoms with E-state index in [-0.39, 0.29) is 0 Å². The maximum absolute atomic E-state index is 3.95. The fourth-order valence-electron chi connectivity index (χ4n) is 5.21. The number of rotatable bonds is 3. The summed E-state index contributed by atoms with van der Waals surface area (Å²) in [5, 5.41) is 3.95. The van der Waals surface area contributed by atoms with E-state index in [1.54, 1.807) is 0 Å². The topological polar surface area (TPSA) is 18.5 Å². The Bertz CT molecular complexity index is 310. The molecule has 0 aromatic carbocycles. The molecule has 0 aliphatic carbocycles. The molecule has 3 atom stereocenters. The van der Waals surface area contributed by atoms with Crippen LogP contribution in [0.1, 0.15) is 38.5 Å². The summed E-state index contributed by atoms with van der Waals surface area (Å²) in [4.78, 5) is 5.32. The van der Waals surface area contributed by atoms with Gasteiger partial charge in [-0.25, -0.2) is 0 Å². The number of piperidine rings is 4. The molecule has 5 rings (SSSR count). The van der Waals surface area contributed by atoms with Crippen molar-refractivity contribution in [1.29, 1.82) is 0 Å². The second-order valence-corrected chi connectivity index (χ2v) is 7.54. The number of hydrogen-bond acceptors (Lipinski definition) is 3. The lowest BCUT2D eigenvalue weighted by atomic mass is 9.83. The van der Waals surface area contributed by atoms with Gasteiger partial charge in [-0.1, -0.05) is 0 Å². The number of nitrogens with one attached hydrogen (secondary N) is 1. The first-order valence-electron chi connectivity index (χ1n) is 8.47. The molecule has 0 saturated carbocycles. The Kier molecular flexibility index (Phi) is 3.33. The maximum atomic E-state index is 3.95. The van der Waals surface area contributed by atoms with Crippen molar-refractivity contribution in [2.24, 2.45) is 11.8 Å². The van der Waals surface area contributed by atoms with Gasteiger partial charge in [-0.3, -0.25) is 0 Å². The van der Waals surface area contributed by atoms with E-state index < -0.39 is 0 Å². The Morgan fingerprint density at radius 2 is 1.68 bits per heavy atom. The van der Waals surface area contributed by atoms with Crippen molar-refractivity contribution < 1.29 is 0 Å². The van der Waals surface area contributed by atoms with Crippen molar-refractivity contribution in [2.45, 2.75) is 56.7 Å². The van der Waals surface area contributed by atoms with Gasteiger partial charge in [0.15, 0.2) is 0 Å². The highest BCUT2D eigenvalue weighted by atomic mass is 15.2. The Morgan fingerprint density at radius 3 is 2.26 bits per heavy atom. The van der Waals surface area contributed by atoms with Gasteiger partial charge < -0.3 is 15.1 Å². The lowest BCUT2D eigenvalue weighted by molar-refractivity contribution is 0.0651. The van der Waals surface area contributed by atoms with Gasteiger partial charge in [-0.15, -0.1) is 0 Å². The van der Waals surface area contributed by atoms with E-state index in [1.807, 2.05) is 0 Å². The minimum Gasteiger partial charge on any atom is -0.312 e. The Hall–Kier alpha value is -0.120. The lowest BCUT2D eigenvalue weighted by Crippen LogP contribution is -2.57. The van der Waals surface area contributed by atoms with Crippen LogP contribution < -0.4 is 5.32 Å². The summed E-state index contributed by atoms with van der Waals surface area (Å²) >= 11 is 0. The zero-order chi connectivity index (χ0) is 12.8. The molecule has 5 fully saturated rings. The lowest BCUT2D eigenvalue weighted by Gasteiger charge is -2.46. The molecule has 0 amide bonds. The van der Waals surface area contributed by atoms with Crippen molar-refractivity contribution in [3.05, 3.63) is 0 Å². The van der Waals surface area contributed by atoms with Crippen LogP contribution in [-0.2, 0) is 0 Å². The minimum atomic E-state index is 0.805. The van der Waals surface area contributed by atoms with Crippen LogP contribution in [0.15, 0.2) is 0 Å². The average Bonchev–Trinajstić information content (AvgIpc) is 2.68. The summed E-state index contributed by atoms with van der Waals surface area (Å²) in [6.45, 7) is 5.34. The van der Waals surface area contributed by atoms with Crippen LogP contribution >= 0.6 is 0 Å². The van der Waals surface area contributed by atoms with Gasteiger partial charge in [0.05, 0.1) is 0 Å². The molecule has 19 heavy (non-hydrogen) atoms. The van der Waals surface area contributed by atoms with E-state index in [0.29, 0.717) is 0 Å². The molecule has 5 saturated heterocycles. The predicted octanol–water partition coefficient (Wildman–Crippen LogP) is 1.54. The Labute approximate surface area is 117 Å². The van der Waals surface area contributed by atoms with Gasteiger partial charge in [-0.2, -0.15) is 0 Å². The zero-order valence-corrected chi connectivity index (χ0v) is 12.4. The van der Waals surface area contributed by atoms with Gasteiger partial charge in [0.1, 0.15) is 0 Å². The van der Waals surface area contributed by atoms with Crippen molar-refractivity contribution in [1.82, 2.24) is 15.1 Å². The molecule has 3 unspecified atom stereocenters. The van der Waals surface area contributed by atoms with Gasteiger partial charge in [0.25, 0.3) is 0 Å². The van der Waals surface area contributed by atoms with Gasteiger partial charge >= 0.3 is 0 Å². The molecule has 3 heteroatoms. The quantitative estimate of drug-likeness (QED) is 0.833. The molecule has 5 aliphatic heterocycles. The molecule has 1 N–H and O–H groups in total. The molecule has 108 valence electrons. The second kappa shape index (κ2) is 5.01. The summed E-state index contributed by atoms with van der Waals surface area (Å²) in [6.07, 6.45) is 8.68.